The number of hydrogen-bond acceptors (Lipinski definition) is 5. The van der Waals surface area contributed by atoms with Crippen molar-refractivity contribution in [1.82, 2.24) is 14.8 Å². The highest BCUT2D eigenvalue weighted by molar-refractivity contribution is 6.09. The Labute approximate surface area is 188 Å². The van der Waals surface area contributed by atoms with Crippen molar-refractivity contribution >= 4 is 28.5 Å². The highest BCUT2D eigenvalue weighted by atomic mass is 19.4. The number of fused-ring (bicyclic) bond motifs is 1. The molecule has 10 heteroatoms. The molecule has 0 unspecified atom stereocenters. The Hall–Kier alpha value is -3.43. The summed E-state index contributed by atoms with van der Waals surface area (Å²) >= 11 is 0. The number of amides is 1. The Morgan fingerprint density at radius 2 is 1.85 bits per heavy atom. The molecule has 3 aromatic rings. The molecule has 0 saturated heterocycles. The SMILES string of the molecule is CCCC(CCC)n1cc2cc(NC(=O)c3cccc(C(F)(F)F)n3)c(C(=O)OC)cc2n1. The predicted octanol–water partition coefficient (Wildman–Crippen LogP) is 5.63. The van der Waals surface area contributed by atoms with Crippen molar-refractivity contribution < 1.29 is 27.5 Å². The Morgan fingerprint density at radius 3 is 2.45 bits per heavy atom. The van der Waals surface area contributed by atoms with Gasteiger partial charge in [0, 0.05) is 11.6 Å². The van der Waals surface area contributed by atoms with Gasteiger partial charge in [-0.25, -0.2) is 9.78 Å². The van der Waals surface area contributed by atoms with E-state index in [1.165, 1.54) is 19.2 Å². The number of rotatable bonds is 8. The van der Waals surface area contributed by atoms with Gasteiger partial charge in [0.1, 0.15) is 11.4 Å². The lowest BCUT2D eigenvalue weighted by Gasteiger charge is -2.15. The molecule has 0 aliphatic carbocycles. The fourth-order valence-corrected chi connectivity index (χ4v) is 3.64. The summed E-state index contributed by atoms with van der Waals surface area (Å²) in [6.45, 7) is 4.19. The maximum atomic E-state index is 13.0. The van der Waals surface area contributed by atoms with Crippen LogP contribution in [-0.2, 0) is 10.9 Å². The van der Waals surface area contributed by atoms with E-state index in [1.807, 2.05) is 10.9 Å². The molecule has 0 fully saturated rings. The van der Waals surface area contributed by atoms with Crippen LogP contribution >= 0.6 is 0 Å². The van der Waals surface area contributed by atoms with Gasteiger partial charge in [0.2, 0.25) is 0 Å². The van der Waals surface area contributed by atoms with E-state index < -0.39 is 29.4 Å². The second kappa shape index (κ2) is 10.0. The molecule has 2 aromatic heterocycles. The van der Waals surface area contributed by atoms with Crippen molar-refractivity contribution in [3.05, 3.63) is 53.5 Å². The molecule has 0 aliphatic rings. The van der Waals surface area contributed by atoms with E-state index in [0.717, 1.165) is 37.8 Å². The zero-order chi connectivity index (χ0) is 24.2. The average Bonchev–Trinajstić information content (AvgIpc) is 3.20. The van der Waals surface area contributed by atoms with Crippen molar-refractivity contribution in [2.24, 2.45) is 0 Å². The first-order chi connectivity index (χ1) is 15.7. The number of benzene rings is 1. The van der Waals surface area contributed by atoms with Gasteiger partial charge >= 0.3 is 12.1 Å². The first-order valence-corrected chi connectivity index (χ1v) is 10.6. The average molecular weight is 462 g/mol. The van der Waals surface area contributed by atoms with Crippen LogP contribution in [0.25, 0.3) is 10.9 Å². The maximum Gasteiger partial charge on any atom is 0.433 e. The van der Waals surface area contributed by atoms with Crippen molar-refractivity contribution in [2.45, 2.75) is 51.7 Å². The molecule has 0 radical (unpaired) electrons. The smallest absolute Gasteiger partial charge is 0.433 e. The van der Waals surface area contributed by atoms with E-state index in [-0.39, 0.29) is 17.3 Å². The van der Waals surface area contributed by atoms with Crippen LogP contribution in [0.15, 0.2) is 36.5 Å². The zero-order valence-corrected chi connectivity index (χ0v) is 18.6. The minimum absolute atomic E-state index is 0.0399. The van der Waals surface area contributed by atoms with E-state index >= 15 is 0 Å². The number of nitrogens with zero attached hydrogens (tertiary/aromatic N) is 3. The number of nitrogens with one attached hydrogen (secondary N) is 1. The Kier molecular flexibility index (Phi) is 7.35. The second-order valence-electron chi connectivity index (χ2n) is 7.65. The molecular formula is C23H25F3N4O3. The molecule has 33 heavy (non-hydrogen) atoms. The highest BCUT2D eigenvalue weighted by Gasteiger charge is 2.33. The van der Waals surface area contributed by atoms with Gasteiger partial charge in [-0.15, -0.1) is 0 Å². The fourth-order valence-electron chi connectivity index (χ4n) is 3.64. The van der Waals surface area contributed by atoms with Gasteiger partial charge in [-0.05, 0) is 37.1 Å². The largest absolute Gasteiger partial charge is 0.465 e. The zero-order valence-electron chi connectivity index (χ0n) is 18.6. The molecular weight excluding hydrogens is 437 g/mol. The van der Waals surface area contributed by atoms with E-state index in [2.05, 4.69) is 29.2 Å². The summed E-state index contributed by atoms with van der Waals surface area (Å²) in [5, 5.41) is 7.77. The van der Waals surface area contributed by atoms with Crippen LogP contribution in [0.5, 0.6) is 0 Å². The number of hydrogen-bond donors (Lipinski definition) is 1. The topological polar surface area (TPSA) is 86.1 Å². The molecule has 0 saturated carbocycles. The van der Waals surface area contributed by atoms with E-state index in [9.17, 15) is 22.8 Å². The summed E-state index contributed by atoms with van der Waals surface area (Å²) in [6.07, 6.45) is 1.01. The molecule has 3 rings (SSSR count). The molecule has 176 valence electrons. The van der Waals surface area contributed by atoms with E-state index in [1.54, 1.807) is 6.07 Å². The van der Waals surface area contributed by atoms with Gasteiger partial charge in [-0.3, -0.25) is 9.48 Å². The minimum Gasteiger partial charge on any atom is -0.465 e. The molecule has 0 aliphatic heterocycles. The monoisotopic (exact) mass is 462 g/mol. The Morgan fingerprint density at radius 1 is 1.15 bits per heavy atom. The minimum atomic E-state index is -4.69. The van der Waals surface area contributed by atoms with Gasteiger partial charge in [0.05, 0.1) is 29.9 Å². The van der Waals surface area contributed by atoms with Gasteiger partial charge < -0.3 is 10.1 Å². The number of halogens is 3. The number of aromatic nitrogens is 3. The number of methoxy groups -OCH3 is 1. The quantitative estimate of drug-likeness (QED) is 0.439. The molecule has 1 aromatic carbocycles. The normalized spacial score (nSPS) is 11.7. The molecule has 0 spiro atoms. The highest BCUT2D eigenvalue weighted by Crippen LogP contribution is 2.29. The third-order valence-electron chi connectivity index (χ3n) is 5.20. The summed E-state index contributed by atoms with van der Waals surface area (Å²) < 4.78 is 45.6. The summed E-state index contributed by atoms with van der Waals surface area (Å²) in [5.41, 5.74) is -0.929. The third kappa shape index (κ3) is 5.50. The number of carbonyl (C=O) groups excluding carboxylic acids is 2. The number of carbonyl (C=O) groups is 2. The van der Waals surface area contributed by atoms with Crippen molar-refractivity contribution in [3.63, 3.8) is 0 Å². The number of anilines is 1. The molecule has 2 heterocycles. The van der Waals surface area contributed by atoms with Gasteiger partial charge in [-0.1, -0.05) is 32.8 Å². The lowest BCUT2D eigenvalue weighted by Crippen LogP contribution is -2.18. The van der Waals surface area contributed by atoms with Crippen LogP contribution in [0.2, 0.25) is 0 Å². The van der Waals surface area contributed by atoms with Crippen molar-refractivity contribution in [3.8, 4) is 0 Å². The van der Waals surface area contributed by atoms with Gasteiger partial charge in [0.15, 0.2) is 0 Å². The summed E-state index contributed by atoms with van der Waals surface area (Å²) in [6, 6.07) is 6.30. The molecule has 0 atom stereocenters. The van der Waals surface area contributed by atoms with Crippen molar-refractivity contribution in [2.75, 3.05) is 12.4 Å². The standard InChI is InChI=1S/C23H25F3N4O3/c1-4-7-15(8-5-2)30-13-14-11-19(16(22(32)33-3)12-18(14)29-30)28-21(31)17-9-6-10-20(27-17)23(24,25)26/h6,9-13,15H,4-5,7-8H2,1-3H3,(H,28,31). The fraction of sp³-hybridized carbons (Fsp3) is 0.391. The first kappa shape index (κ1) is 24.2. The molecule has 1 N–H and O–H groups in total. The lowest BCUT2D eigenvalue weighted by molar-refractivity contribution is -0.141. The number of pyridine rings is 1. The summed E-state index contributed by atoms with van der Waals surface area (Å²) in [7, 11) is 1.20. The Balaban J connectivity index is 2.00. The van der Waals surface area contributed by atoms with Crippen LogP contribution in [0.1, 0.15) is 72.1 Å². The van der Waals surface area contributed by atoms with Crippen molar-refractivity contribution in [1.29, 1.82) is 0 Å². The summed E-state index contributed by atoms with van der Waals surface area (Å²) in [4.78, 5) is 28.4. The number of esters is 1. The predicted molar refractivity (Wildman–Crippen MR) is 117 cm³/mol. The summed E-state index contributed by atoms with van der Waals surface area (Å²) in [5.74, 6) is -1.59. The lowest BCUT2D eigenvalue weighted by atomic mass is 10.1. The molecule has 1 amide bonds. The molecule has 7 nitrogen and oxygen atoms in total. The van der Waals surface area contributed by atoms with E-state index in [4.69, 9.17) is 4.74 Å². The number of alkyl halides is 3. The maximum absolute atomic E-state index is 13.0. The van der Waals surface area contributed by atoms with Crippen LogP contribution in [0.3, 0.4) is 0 Å². The van der Waals surface area contributed by atoms with Crippen LogP contribution in [0.4, 0.5) is 18.9 Å². The number of ether oxygens (including phenoxy) is 1. The first-order valence-electron chi connectivity index (χ1n) is 10.6. The van der Waals surface area contributed by atoms with Crippen LogP contribution in [-0.4, -0.2) is 33.8 Å². The van der Waals surface area contributed by atoms with Crippen LogP contribution < -0.4 is 5.32 Å². The second-order valence-corrected chi connectivity index (χ2v) is 7.65. The Bertz CT molecular complexity index is 1150. The van der Waals surface area contributed by atoms with Crippen LogP contribution in [0, 0.1) is 0 Å². The third-order valence-corrected chi connectivity index (χ3v) is 5.20. The molecule has 0 bridgehead atoms. The van der Waals surface area contributed by atoms with Gasteiger partial charge in [0.25, 0.3) is 5.91 Å². The van der Waals surface area contributed by atoms with Gasteiger partial charge in [-0.2, -0.15) is 18.3 Å². The van der Waals surface area contributed by atoms with E-state index in [0.29, 0.717) is 10.9 Å².